The molecular weight excluding hydrogens is 440 g/mol. The van der Waals surface area contributed by atoms with E-state index in [-0.39, 0.29) is 0 Å². The van der Waals surface area contributed by atoms with Crippen molar-refractivity contribution in [2.24, 2.45) is 0 Å². The van der Waals surface area contributed by atoms with E-state index in [9.17, 15) is 0 Å². The molecule has 0 N–H and O–H groups in total. The average Bonchev–Trinajstić information content (AvgIpc) is 3.48. The maximum atomic E-state index is 5.39. The van der Waals surface area contributed by atoms with Crippen LogP contribution in [-0.4, -0.2) is 0 Å². The summed E-state index contributed by atoms with van der Waals surface area (Å²) >= 11 is 3.77. The Morgan fingerprint density at radius 2 is 0.879 bits per heavy atom. The summed E-state index contributed by atoms with van der Waals surface area (Å²) in [6.07, 6.45) is 1.78. The summed E-state index contributed by atoms with van der Waals surface area (Å²) in [5.41, 5.74) is 4.41. The van der Waals surface area contributed by atoms with Crippen LogP contribution >= 0.6 is 22.7 Å². The zero-order valence-corrected chi connectivity index (χ0v) is 24.8. The molecule has 0 atom stereocenters. The smallest absolute Gasteiger partial charge is 0.109 e. The van der Waals surface area contributed by atoms with Gasteiger partial charge in [-0.15, -0.1) is 22.7 Å². The van der Waals surface area contributed by atoms with Crippen molar-refractivity contribution in [2.75, 3.05) is 0 Å². The van der Waals surface area contributed by atoms with E-state index in [0.717, 1.165) is 5.76 Å². The minimum atomic E-state index is 0.502. The minimum Gasteiger partial charge on any atom is -0.469 e. The molecule has 0 radical (unpaired) electrons. The van der Waals surface area contributed by atoms with Crippen LogP contribution in [0.5, 0.6) is 0 Å². The lowest BCUT2D eigenvalue weighted by atomic mass is 9.99. The number of furan rings is 1. The van der Waals surface area contributed by atoms with Crippen LogP contribution in [0, 0.1) is 0 Å². The lowest BCUT2D eigenvalue weighted by molar-refractivity contribution is 0.479. The van der Waals surface area contributed by atoms with Gasteiger partial charge in [-0.25, -0.2) is 0 Å². The van der Waals surface area contributed by atoms with Crippen LogP contribution in [0.1, 0.15) is 151 Å². The first-order chi connectivity index (χ1) is 15.4. The number of hydrogen-bond acceptors (Lipinski definition) is 3. The van der Waals surface area contributed by atoms with Crippen molar-refractivity contribution in [1.82, 2.24) is 0 Å². The van der Waals surface area contributed by atoms with Gasteiger partial charge in [0.1, 0.15) is 5.76 Å². The number of thiophene rings is 2. The Hall–Kier alpha value is -1.32. The molecule has 3 rings (SSSR count). The van der Waals surface area contributed by atoms with E-state index in [2.05, 4.69) is 112 Å². The maximum absolute atomic E-state index is 5.39. The van der Waals surface area contributed by atoms with Crippen LogP contribution in [0.2, 0.25) is 0 Å². The molecule has 1 nitrogen and oxygen atoms in total. The second-order valence-electron chi connectivity index (χ2n) is 10.6. The fourth-order valence-electron chi connectivity index (χ4n) is 3.83. The predicted molar refractivity (Wildman–Crippen MR) is 152 cm³/mol. The van der Waals surface area contributed by atoms with Gasteiger partial charge in [-0.1, -0.05) is 83.1 Å². The molecule has 3 heteroatoms. The topological polar surface area (TPSA) is 13.1 Å². The second kappa shape index (κ2) is 14.2. The van der Waals surface area contributed by atoms with Crippen molar-refractivity contribution in [1.29, 1.82) is 0 Å². The highest BCUT2D eigenvalue weighted by molar-refractivity contribution is 7.10. The third-order valence-electron chi connectivity index (χ3n) is 5.62. The quantitative estimate of drug-likeness (QED) is 0.336. The first kappa shape index (κ1) is 29.7. The summed E-state index contributed by atoms with van der Waals surface area (Å²) in [6.45, 7) is 26.8. The van der Waals surface area contributed by atoms with Gasteiger partial charge < -0.3 is 4.42 Å². The molecule has 186 valence electrons. The van der Waals surface area contributed by atoms with Crippen molar-refractivity contribution < 1.29 is 4.42 Å². The molecule has 0 bridgehead atoms. The minimum absolute atomic E-state index is 0.502. The highest BCUT2D eigenvalue weighted by Gasteiger charge is 2.12. The van der Waals surface area contributed by atoms with Crippen LogP contribution in [0.25, 0.3) is 0 Å². The Morgan fingerprint density at radius 1 is 0.485 bits per heavy atom. The van der Waals surface area contributed by atoms with E-state index in [1.165, 1.54) is 16.7 Å². The lowest BCUT2D eigenvalue weighted by Crippen LogP contribution is -1.93. The fourth-order valence-corrected chi connectivity index (χ4v) is 5.98. The Bertz CT molecular complexity index is 716. The van der Waals surface area contributed by atoms with Gasteiger partial charge in [0, 0.05) is 15.7 Å². The molecule has 3 aromatic rings. The standard InChI is InChI=1S/C10H16O.2C10H16S/c3*1-7(2)9-5-6-11-10(9)8(3)4/h3*5-8H,1-4H3. The maximum Gasteiger partial charge on any atom is 0.109 e. The summed E-state index contributed by atoms with van der Waals surface area (Å²) in [4.78, 5) is 3.11. The third kappa shape index (κ3) is 9.09. The first-order valence-electron chi connectivity index (χ1n) is 12.6. The Morgan fingerprint density at radius 3 is 1.12 bits per heavy atom. The monoisotopic (exact) mass is 488 g/mol. The SMILES string of the molecule is CC(C)c1ccoc1C(C)C.CC(C)c1ccsc1C(C)C.CC(C)c1ccsc1C(C)C. The molecule has 0 unspecified atom stereocenters. The first-order valence-corrected chi connectivity index (χ1v) is 14.4. The van der Waals surface area contributed by atoms with Gasteiger partial charge in [0.15, 0.2) is 0 Å². The van der Waals surface area contributed by atoms with E-state index >= 15 is 0 Å². The Balaban J connectivity index is 0.000000247. The van der Waals surface area contributed by atoms with Crippen LogP contribution in [-0.2, 0) is 0 Å². The largest absolute Gasteiger partial charge is 0.469 e. The van der Waals surface area contributed by atoms with Gasteiger partial charge in [-0.2, -0.15) is 0 Å². The molecular formula is C30H48OS2. The summed E-state index contributed by atoms with van der Waals surface area (Å²) in [5, 5.41) is 4.40. The molecule has 0 fully saturated rings. The Kier molecular flexibility index (Phi) is 12.8. The molecule has 0 aliphatic rings. The zero-order valence-electron chi connectivity index (χ0n) is 23.2. The van der Waals surface area contributed by atoms with E-state index in [4.69, 9.17) is 4.42 Å². The molecule has 0 spiro atoms. The number of hydrogen-bond donors (Lipinski definition) is 0. The fraction of sp³-hybridized carbons (Fsp3) is 0.600. The van der Waals surface area contributed by atoms with E-state index in [0.29, 0.717) is 35.5 Å². The highest BCUT2D eigenvalue weighted by Crippen LogP contribution is 2.31. The van der Waals surface area contributed by atoms with Crippen molar-refractivity contribution in [3.05, 3.63) is 67.4 Å². The van der Waals surface area contributed by atoms with Gasteiger partial charge in [0.05, 0.1) is 6.26 Å². The summed E-state index contributed by atoms with van der Waals surface area (Å²) in [7, 11) is 0. The van der Waals surface area contributed by atoms with Gasteiger partial charge >= 0.3 is 0 Å². The molecule has 3 aromatic heterocycles. The molecule has 33 heavy (non-hydrogen) atoms. The summed E-state index contributed by atoms with van der Waals surface area (Å²) in [6, 6.07) is 6.58. The average molecular weight is 489 g/mol. The van der Waals surface area contributed by atoms with Crippen LogP contribution in [0.4, 0.5) is 0 Å². The lowest BCUT2D eigenvalue weighted by Gasteiger charge is -2.08. The predicted octanol–water partition coefficient (Wildman–Crippen LogP) is 11.5. The van der Waals surface area contributed by atoms with Crippen LogP contribution in [0.3, 0.4) is 0 Å². The molecule has 3 heterocycles. The van der Waals surface area contributed by atoms with Crippen LogP contribution in [0.15, 0.2) is 39.6 Å². The normalized spacial score (nSPS) is 11.5. The van der Waals surface area contributed by atoms with Crippen molar-refractivity contribution in [2.45, 2.75) is 119 Å². The van der Waals surface area contributed by atoms with E-state index in [1.54, 1.807) is 16.0 Å². The molecule has 0 saturated carbocycles. The van der Waals surface area contributed by atoms with Gasteiger partial charge in [0.2, 0.25) is 0 Å². The van der Waals surface area contributed by atoms with Crippen LogP contribution < -0.4 is 0 Å². The number of rotatable bonds is 6. The summed E-state index contributed by atoms with van der Waals surface area (Å²) < 4.78 is 5.39. The summed E-state index contributed by atoms with van der Waals surface area (Å²) in [5.74, 6) is 4.95. The Labute approximate surface area is 212 Å². The van der Waals surface area contributed by atoms with Gasteiger partial charge in [0.25, 0.3) is 0 Å². The zero-order chi connectivity index (χ0) is 25.3. The second-order valence-corrected chi connectivity index (χ2v) is 12.5. The molecule has 0 aliphatic heterocycles. The van der Waals surface area contributed by atoms with Gasteiger partial charge in [-0.05, 0) is 75.2 Å². The molecule has 0 aliphatic carbocycles. The molecule has 0 amide bonds. The van der Waals surface area contributed by atoms with Crippen molar-refractivity contribution in [3.63, 3.8) is 0 Å². The van der Waals surface area contributed by atoms with Gasteiger partial charge in [-0.3, -0.25) is 0 Å². The van der Waals surface area contributed by atoms with Crippen molar-refractivity contribution >= 4 is 22.7 Å². The third-order valence-corrected chi connectivity index (χ3v) is 8.09. The van der Waals surface area contributed by atoms with E-state index < -0.39 is 0 Å². The van der Waals surface area contributed by atoms with E-state index in [1.807, 2.05) is 22.7 Å². The molecule has 0 saturated heterocycles. The van der Waals surface area contributed by atoms with Crippen molar-refractivity contribution in [3.8, 4) is 0 Å². The molecule has 0 aromatic carbocycles. The highest BCUT2D eigenvalue weighted by atomic mass is 32.1.